The fourth-order valence-corrected chi connectivity index (χ4v) is 1.37. The monoisotopic (exact) mass is 241 g/mol. The number of carbonyl (C=O) groups excluding carboxylic acids is 2. The Morgan fingerprint density at radius 3 is 2.06 bits per heavy atom. The van der Waals surface area contributed by atoms with Crippen LogP contribution in [-0.2, 0) is 9.59 Å². The number of rotatable bonds is 7. The average Bonchev–Trinajstić information content (AvgIpc) is 2.26. The Labute approximate surface area is 101 Å². The molecule has 0 aliphatic carbocycles. The van der Waals surface area contributed by atoms with E-state index in [1.807, 2.05) is 0 Å². The molecule has 0 fully saturated rings. The Morgan fingerprint density at radius 2 is 1.76 bits per heavy atom. The standard InChI is InChI=1S/C12H19NO4/c1-5-7-13(8-6-2)11(16)12(4,17)10(15)9(3)14/h5-6,9,14,17H,1-2,7-8H2,3-4H3. The van der Waals surface area contributed by atoms with Gasteiger partial charge >= 0.3 is 0 Å². The number of hydrogen-bond donors (Lipinski definition) is 2. The molecule has 0 spiro atoms. The normalized spacial score (nSPS) is 15.5. The minimum absolute atomic E-state index is 0.189. The van der Waals surface area contributed by atoms with E-state index in [0.29, 0.717) is 0 Å². The fraction of sp³-hybridized carbons (Fsp3) is 0.500. The van der Waals surface area contributed by atoms with Crippen molar-refractivity contribution in [3.8, 4) is 0 Å². The number of amides is 1. The van der Waals surface area contributed by atoms with Crippen molar-refractivity contribution in [1.29, 1.82) is 0 Å². The minimum Gasteiger partial charge on any atom is -0.385 e. The molecule has 0 aliphatic rings. The number of carbonyl (C=O) groups is 2. The van der Waals surface area contributed by atoms with Crippen LogP contribution < -0.4 is 0 Å². The average molecular weight is 241 g/mol. The lowest BCUT2D eigenvalue weighted by Gasteiger charge is -2.29. The van der Waals surface area contributed by atoms with Gasteiger partial charge in [-0.05, 0) is 13.8 Å². The van der Waals surface area contributed by atoms with Gasteiger partial charge in [0, 0.05) is 13.1 Å². The molecule has 0 saturated heterocycles. The first-order valence-electron chi connectivity index (χ1n) is 5.25. The zero-order valence-corrected chi connectivity index (χ0v) is 10.2. The summed E-state index contributed by atoms with van der Waals surface area (Å²) >= 11 is 0. The number of ketones is 1. The molecule has 0 radical (unpaired) electrons. The summed E-state index contributed by atoms with van der Waals surface area (Å²) in [4.78, 5) is 24.7. The lowest BCUT2D eigenvalue weighted by Crippen LogP contribution is -2.55. The van der Waals surface area contributed by atoms with E-state index in [-0.39, 0.29) is 13.1 Å². The second-order valence-corrected chi connectivity index (χ2v) is 3.90. The number of nitrogens with zero attached hydrogens (tertiary/aromatic N) is 1. The zero-order valence-electron chi connectivity index (χ0n) is 10.2. The predicted octanol–water partition coefficient (Wildman–Crippen LogP) is -0.112. The second-order valence-electron chi connectivity index (χ2n) is 3.90. The van der Waals surface area contributed by atoms with Crippen molar-refractivity contribution < 1.29 is 19.8 Å². The topological polar surface area (TPSA) is 77.8 Å². The Balaban J connectivity index is 5.02. The Hall–Kier alpha value is -1.46. The molecule has 0 aliphatic heterocycles. The van der Waals surface area contributed by atoms with Gasteiger partial charge < -0.3 is 15.1 Å². The van der Waals surface area contributed by atoms with Crippen molar-refractivity contribution in [3.05, 3.63) is 25.3 Å². The smallest absolute Gasteiger partial charge is 0.262 e. The molecule has 2 atom stereocenters. The molecule has 2 unspecified atom stereocenters. The molecule has 1 amide bonds. The maximum atomic E-state index is 11.9. The quantitative estimate of drug-likeness (QED) is 0.481. The SMILES string of the molecule is C=CCN(CC=C)C(=O)C(C)(O)C(=O)C(C)O. The van der Waals surface area contributed by atoms with E-state index in [0.717, 1.165) is 6.92 Å². The summed E-state index contributed by atoms with van der Waals surface area (Å²) in [5.41, 5.74) is -2.24. The second kappa shape index (κ2) is 6.32. The summed E-state index contributed by atoms with van der Waals surface area (Å²) in [7, 11) is 0. The summed E-state index contributed by atoms with van der Waals surface area (Å²) < 4.78 is 0. The third-order valence-corrected chi connectivity index (χ3v) is 2.26. The third-order valence-electron chi connectivity index (χ3n) is 2.26. The lowest BCUT2D eigenvalue weighted by atomic mass is 9.95. The minimum atomic E-state index is -2.24. The van der Waals surface area contributed by atoms with Gasteiger partial charge in [-0.1, -0.05) is 12.2 Å². The Morgan fingerprint density at radius 1 is 1.35 bits per heavy atom. The molecular formula is C12H19NO4. The van der Waals surface area contributed by atoms with Crippen molar-refractivity contribution in [2.75, 3.05) is 13.1 Å². The van der Waals surface area contributed by atoms with Crippen LogP contribution in [0.4, 0.5) is 0 Å². The molecule has 5 heteroatoms. The van der Waals surface area contributed by atoms with E-state index < -0.39 is 23.4 Å². The lowest BCUT2D eigenvalue weighted by molar-refractivity contribution is -0.161. The van der Waals surface area contributed by atoms with Crippen LogP contribution in [0.25, 0.3) is 0 Å². The molecule has 0 rings (SSSR count). The van der Waals surface area contributed by atoms with Crippen LogP contribution in [0.1, 0.15) is 13.8 Å². The first kappa shape index (κ1) is 15.5. The van der Waals surface area contributed by atoms with E-state index in [1.165, 1.54) is 24.0 Å². The Kier molecular flexibility index (Phi) is 5.78. The van der Waals surface area contributed by atoms with Crippen LogP contribution in [0.3, 0.4) is 0 Å². The van der Waals surface area contributed by atoms with Crippen molar-refractivity contribution >= 4 is 11.7 Å². The van der Waals surface area contributed by atoms with Gasteiger partial charge in [0.05, 0.1) is 0 Å². The molecule has 0 bridgehead atoms. The molecule has 0 heterocycles. The number of aliphatic hydroxyl groups excluding tert-OH is 1. The maximum absolute atomic E-state index is 11.9. The van der Waals surface area contributed by atoms with Gasteiger partial charge in [-0.3, -0.25) is 9.59 Å². The van der Waals surface area contributed by atoms with E-state index in [4.69, 9.17) is 5.11 Å². The van der Waals surface area contributed by atoms with Crippen molar-refractivity contribution in [3.63, 3.8) is 0 Å². The number of aliphatic hydroxyl groups is 2. The van der Waals surface area contributed by atoms with Gasteiger partial charge in [-0.25, -0.2) is 0 Å². The molecule has 5 nitrogen and oxygen atoms in total. The van der Waals surface area contributed by atoms with Gasteiger partial charge in [0.15, 0.2) is 0 Å². The van der Waals surface area contributed by atoms with E-state index in [9.17, 15) is 14.7 Å². The van der Waals surface area contributed by atoms with Crippen molar-refractivity contribution in [2.24, 2.45) is 0 Å². The van der Waals surface area contributed by atoms with E-state index >= 15 is 0 Å². The highest BCUT2D eigenvalue weighted by molar-refractivity contribution is 6.10. The first-order valence-corrected chi connectivity index (χ1v) is 5.25. The van der Waals surface area contributed by atoms with E-state index in [2.05, 4.69) is 13.2 Å². The first-order chi connectivity index (χ1) is 7.78. The zero-order chi connectivity index (χ0) is 13.6. The summed E-state index contributed by atoms with van der Waals surface area (Å²) in [5, 5.41) is 19.0. The van der Waals surface area contributed by atoms with E-state index in [1.54, 1.807) is 0 Å². The van der Waals surface area contributed by atoms with Crippen LogP contribution in [0.5, 0.6) is 0 Å². The molecule has 0 aromatic rings. The van der Waals surface area contributed by atoms with Gasteiger partial charge in [0.2, 0.25) is 11.4 Å². The van der Waals surface area contributed by atoms with Crippen LogP contribution >= 0.6 is 0 Å². The maximum Gasteiger partial charge on any atom is 0.262 e. The van der Waals surface area contributed by atoms with Gasteiger partial charge in [0.25, 0.3) is 5.91 Å². The Bertz CT molecular complexity index is 310. The van der Waals surface area contributed by atoms with Crippen LogP contribution in [0, 0.1) is 0 Å². The fourth-order valence-electron chi connectivity index (χ4n) is 1.37. The molecule has 96 valence electrons. The summed E-state index contributed by atoms with van der Waals surface area (Å²) in [5.74, 6) is -1.70. The van der Waals surface area contributed by atoms with Gasteiger partial charge in [-0.15, -0.1) is 13.2 Å². The van der Waals surface area contributed by atoms with Crippen molar-refractivity contribution in [1.82, 2.24) is 4.90 Å². The predicted molar refractivity (Wildman–Crippen MR) is 64.3 cm³/mol. The highest BCUT2D eigenvalue weighted by Crippen LogP contribution is 2.13. The van der Waals surface area contributed by atoms with Crippen molar-refractivity contribution in [2.45, 2.75) is 25.6 Å². The van der Waals surface area contributed by atoms with Gasteiger partial charge in [-0.2, -0.15) is 0 Å². The van der Waals surface area contributed by atoms with Gasteiger partial charge in [0.1, 0.15) is 6.10 Å². The van der Waals surface area contributed by atoms with Crippen LogP contribution in [-0.4, -0.2) is 51.6 Å². The summed E-state index contributed by atoms with van der Waals surface area (Å²) in [6.45, 7) is 9.62. The van der Waals surface area contributed by atoms with Crippen LogP contribution in [0.15, 0.2) is 25.3 Å². The molecular weight excluding hydrogens is 222 g/mol. The third kappa shape index (κ3) is 3.80. The molecule has 0 aromatic heterocycles. The highest BCUT2D eigenvalue weighted by Gasteiger charge is 2.42. The largest absolute Gasteiger partial charge is 0.385 e. The number of hydrogen-bond acceptors (Lipinski definition) is 4. The van der Waals surface area contributed by atoms with Crippen LogP contribution in [0.2, 0.25) is 0 Å². The highest BCUT2D eigenvalue weighted by atomic mass is 16.3. The number of Topliss-reactive ketones (excluding diaryl/α,β-unsaturated/α-hetero) is 1. The molecule has 17 heavy (non-hydrogen) atoms. The summed E-state index contributed by atoms with van der Waals surface area (Å²) in [6, 6.07) is 0. The molecule has 0 aromatic carbocycles. The summed E-state index contributed by atoms with van der Waals surface area (Å²) in [6.07, 6.45) is 1.55. The molecule has 0 saturated carbocycles. The molecule has 2 N–H and O–H groups in total.